The van der Waals surface area contributed by atoms with Gasteiger partial charge >= 0.3 is 5.63 Å². The molecule has 0 radical (unpaired) electrons. The average molecular weight is 496 g/mol. The molecule has 5 nitrogen and oxygen atoms in total. The first kappa shape index (κ1) is 20.2. The Labute approximate surface area is 190 Å². The van der Waals surface area contributed by atoms with Gasteiger partial charge in [-0.15, -0.1) is 0 Å². The highest BCUT2D eigenvalue weighted by molar-refractivity contribution is 9.10. The van der Waals surface area contributed by atoms with Gasteiger partial charge in [0.2, 0.25) is 0 Å². The monoisotopic (exact) mass is 495 g/mol. The third-order valence-electron chi connectivity index (χ3n) is 5.77. The van der Waals surface area contributed by atoms with Gasteiger partial charge < -0.3 is 9.52 Å². The number of halogens is 1. The van der Waals surface area contributed by atoms with Crippen LogP contribution in [0.1, 0.15) is 30.7 Å². The second-order valence-corrected chi connectivity index (χ2v) is 10.1. The summed E-state index contributed by atoms with van der Waals surface area (Å²) in [6.07, 6.45) is 0. The summed E-state index contributed by atoms with van der Waals surface area (Å²) in [6.45, 7) is 6.07. The Hall–Kier alpha value is -2.77. The molecule has 1 aliphatic heterocycles. The van der Waals surface area contributed by atoms with Crippen molar-refractivity contribution in [1.82, 2.24) is 4.57 Å². The number of benzene rings is 2. The SMILES string of the molecule is Cc1ccc2c(c1)C(C)(C)c1cc3oc(=O)c(Sc4ccccc4Br)c(O)c3c(=O)n1-2. The van der Waals surface area contributed by atoms with Gasteiger partial charge in [0.05, 0.1) is 5.69 Å². The summed E-state index contributed by atoms with van der Waals surface area (Å²) in [4.78, 5) is 27.0. The predicted molar refractivity (Wildman–Crippen MR) is 125 cm³/mol. The molecule has 0 spiro atoms. The second-order valence-electron chi connectivity index (χ2n) is 8.15. The number of aromatic nitrogens is 1. The molecular formula is C24H18BrNO4S. The summed E-state index contributed by atoms with van der Waals surface area (Å²) in [7, 11) is 0. The molecule has 3 heterocycles. The molecule has 2 aromatic heterocycles. The molecule has 31 heavy (non-hydrogen) atoms. The van der Waals surface area contributed by atoms with Gasteiger partial charge in [0, 0.05) is 26.5 Å². The van der Waals surface area contributed by atoms with Crippen LogP contribution in [0.3, 0.4) is 0 Å². The Kier molecular flexibility index (Phi) is 4.46. The van der Waals surface area contributed by atoms with Gasteiger partial charge in [0.15, 0.2) is 5.75 Å². The van der Waals surface area contributed by atoms with Crippen LogP contribution < -0.4 is 11.2 Å². The highest BCUT2D eigenvalue weighted by Crippen LogP contribution is 2.44. The lowest BCUT2D eigenvalue weighted by atomic mass is 9.82. The Morgan fingerprint density at radius 1 is 1.10 bits per heavy atom. The molecule has 2 aromatic carbocycles. The lowest BCUT2D eigenvalue weighted by Crippen LogP contribution is -2.24. The standard InChI is InChI=1S/C24H18BrNO4S/c1-12-8-9-15-13(10-12)24(2,3)18-11-16-19(22(28)26(15)18)20(27)21(23(29)30-16)31-17-7-5-4-6-14(17)25/h4-11,27H,1-3H3. The van der Waals surface area contributed by atoms with E-state index in [2.05, 4.69) is 22.0 Å². The maximum absolute atomic E-state index is 13.6. The zero-order valence-corrected chi connectivity index (χ0v) is 19.4. The van der Waals surface area contributed by atoms with E-state index in [0.717, 1.165) is 43.6 Å². The zero-order valence-electron chi connectivity index (χ0n) is 17.0. The minimum atomic E-state index is -0.681. The van der Waals surface area contributed by atoms with Crippen LogP contribution in [0, 0.1) is 6.92 Å². The molecule has 0 bridgehead atoms. The van der Waals surface area contributed by atoms with Gasteiger partial charge in [-0.2, -0.15) is 0 Å². The lowest BCUT2D eigenvalue weighted by Gasteiger charge is -2.20. The second kappa shape index (κ2) is 6.87. The minimum Gasteiger partial charge on any atom is -0.505 e. The van der Waals surface area contributed by atoms with E-state index in [4.69, 9.17) is 4.42 Å². The van der Waals surface area contributed by atoms with Crippen molar-refractivity contribution in [2.24, 2.45) is 0 Å². The number of aryl methyl sites for hydroxylation is 1. The third-order valence-corrected chi connectivity index (χ3v) is 7.86. The maximum Gasteiger partial charge on any atom is 0.354 e. The summed E-state index contributed by atoms with van der Waals surface area (Å²) in [5.74, 6) is -0.356. The first-order valence-corrected chi connectivity index (χ1v) is 11.3. The molecule has 0 unspecified atom stereocenters. The summed E-state index contributed by atoms with van der Waals surface area (Å²) in [5.41, 5.74) is 2.17. The van der Waals surface area contributed by atoms with E-state index in [1.807, 2.05) is 57.2 Å². The molecule has 4 aromatic rings. The fourth-order valence-corrected chi connectivity index (χ4v) is 5.54. The third kappa shape index (κ3) is 2.91. The molecular weight excluding hydrogens is 478 g/mol. The molecule has 1 N–H and O–H groups in total. The van der Waals surface area contributed by atoms with Crippen LogP contribution in [-0.2, 0) is 5.41 Å². The molecule has 0 saturated heterocycles. The van der Waals surface area contributed by atoms with Crippen molar-refractivity contribution in [3.05, 3.63) is 90.6 Å². The minimum absolute atomic E-state index is 0.00197. The molecule has 0 fully saturated rings. The van der Waals surface area contributed by atoms with E-state index in [-0.39, 0.29) is 21.6 Å². The van der Waals surface area contributed by atoms with Gasteiger partial charge in [-0.25, -0.2) is 4.79 Å². The Morgan fingerprint density at radius 2 is 1.84 bits per heavy atom. The van der Waals surface area contributed by atoms with E-state index in [9.17, 15) is 14.7 Å². The Bertz CT molecular complexity index is 1520. The lowest BCUT2D eigenvalue weighted by molar-refractivity contribution is 0.445. The van der Waals surface area contributed by atoms with Crippen molar-refractivity contribution in [3.8, 4) is 11.4 Å². The van der Waals surface area contributed by atoms with Crippen molar-refractivity contribution in [2.45, 2.75) is 36.0 Å². The first-order chi connectivity index (χ1) is 14.7. The van der Waals surface area contributed by atoms with Crippen molar-refractivity contribution >= 4 is 38.7 Å². The van der Waals surface area contributed by atoms with Crippen LogP contribution in [0.4, 0.5) is 0 Å². The zero-order chi connectivity index (χ0) is 22.1. The quantitative estimate of drug-likeness (QED) is 0.396. The fraction of sp³-hybridized carbons (Fsp3) is 0.167. The van der Waals surface area contributed by atoms with Gasteiger partial charge in [0.25, 0.3) is 5.56 Å². The number of fused-ring (bicyclic) bond motifs is 4. The van der Waals surface area contributed by atoms with Crippen LogP contribution >= 0.6 is 27.7 Å². The van der Waals surface area contributed by atoms with Crippen molar-refractivity contribution in [1.29, 1.82) is 0 Å². The summed E-state index contributed by atoms with van der Waals surface area (Å²) >= 11 is 4.50. The van der Waals surface area contributed by atoms with E-state index in [1.165, 1.54) is 0 Å². The molecule has 7 heteroatoms. The maximum atomic E-state index is 13.6. The predicted octanol–water partition coefficient (Wildman–Crippen LogP) is 5.51. The molecule has 1 aliphatic rings. The number of pyridine rings is 1. The van der Waals surface area contributed by atoms with Crippen LogP contribution in [0.15, 0.2) is 76.8 Å². The number of nitrogens with zero attached hydrogens (tertiary/aromatic N) is 1. The molecule has 156 valence electrons. The largest absolute Gasteiger partial charge is 0.505 e. The summed E-state index contributed by atoms with van der Waals surface area (Å²) in [6, 6.07) is 15.0. The van der Waals surface area contributed by atoms with Gasteiger partial charge in [-0.05, 0) is 46.6 Å². The van der Waals surface area contributed by atoms with Crippen LogP contribution in [0.2, 0.25) is 0 Å². The number of hydrogen-bond acceptors (Lipinski definition) is 5. The van der Waals surface area contributed by atoms with Crippen LogP contribution in [-0.4, -0.2) is 9.67 Å². The highest BCUT2D eigenvalue weighted by Gasteiger charge is 2.38. The van der Waals surface area contributed by atoms with E-state index >= 15 is 0 Å². The molecule has 0 amide bonds. The van der Waals surface area contributed by atoms with E-state index in [0.29, 0.717) is 0 Å². The van der Waals surface area contributed by atoms with Gasteiger partial charge in [0.1, 0.15) is 15.9 Å². The van der Waals surface area contributed by atoms with E-state index < -0.39 is 16.6 Å². The van der Waals surface area contributed by atoms with Crippen molar-refractivity contribution < 1.29 is 9.52 Å². The number of aromatic hydroxyl groups is 1. The molecule has 5 rings (SSSR count). The summed E-state index contributed by atoms with van der Waals surface area (Å²) < 4.78 is 7.93. The van der Waals surface area contributed by atoms with Gasteiger partial charge in [-0.3, -0.25) is 9.36 Å². The number of rotatable bonds is 2. The normalized spacial score (nSPS) is 13.9. The first-order valence-electron chi connectivity index (χ1n) is 9.70. The van der Waals surface area contributed by atoms with Crippen molar-refractivity contribution in [3.63, 3.8) is 0 Å². The Morgan fingerprint density at radius 3 is 2.58 bits per heavy atom. The number of hydrogen-bond donors (Lipinski definition) is 1. The molecule has 0 saturated carbocycles. The Balaban J connectivity index is 1.81. The fourth-order valence-electron chi connectivity index (χ4n) is 4.15. The molecule has 0 atom stereocenters. The average Bonchev–Trinajstić information content (AvgIpc) is 2.93. The highest BCUT2D eigenvalue weighted by atomic mass is 79.9. The topological polar surface area (TPSA) is 72.4 Å². The van der Waals surface area contributed by atoms with Gasteiger partial charge in [-0.1, -0.05) is 55.4 Å². The molecule has 0 aliphatic carbocycles. The van der Waals surface area contributed by atoms with Crippen LogP contribution in [0.25, 0.3) is 16.7 Å². The van der Waals surface area contributed by atoms with Crippen molar-refractivity contribution in [2.75, 3.05) is 0 Å². The smallest absolute Gasteiger partial charge is 0.354 e. The van der Waals surface area contributed by atoms with E-state index in [1.54, 1.807) is 10.6 Å². The van der Waals surface area contributed by atoms with Crippen LogP contribution in [0.5, 0.6) is 5.75 Å². The summed E-state index contributed by atoms with van der Waals surface area (Å²) in [5, 5.41) is 11.0.